The molecule has 0 radical (unpaired) electrons. The van der Waals surface area contributed by atoms with Gasteiger partial charge in [-0.2, -0.15) is 0 Å². The van der Waals surface area contributed by atoms with Crippen LogP contribution < -0.4 is 15.1 Å². The van der Waals surface area contributed by atoms with Crippen molar-refractivity contribution in [2.24, 2.45) is 0 Å². The molecule has 156 valence electrons. The van der Waals surface area contributed by atoms with Crippen LogP contribution in [0.2, 0.25) is 0 Å². The number of benzene rings is 2. The van der Waals surface area contributed by atoms with Gasteiger partial charge in [-0.15, -0.1) is 0 Å². The Morgan fingerprint density at radius 3 is 2.53 bits per heavy atom. The van der Waals surface area contributed by atoms with E-state index in [0.717, 1.165) is 13.0 Å². The van der Waals surface area contributed by atoms with Crippen LogP contribution in [0.25, 0.3) is 11.0 Å². The molecule has 1 aliphatic heterocycles. The fraction of sp³-hybridized carbons (Fsp3) is 0.304. The molecule has 2 aromatic carbocycles. The van der Waals surface area contributed by atoms with Gasteiger partial charge in [-0.05, 0) is 29.8 Å². The lowest BCUT2D eigenvalue weighted by molar-refractivity contribution is -0.858. The summed E-state index contributed by atoms with van der Waals surface area (Å²) in [6, 6.07) is 10.2. The van der Waals surface area contributed by atoms with Gasteiger partial charge in [0.2, 0.25) is 5.76 Å². The molecule has 0 spiro atoms. The molecular weight excluding hydrogens is 387 g/mol. The average Bonchev–Trinajstić information content (AvgIpc) is 3.00. The molecule has 6 nitrogen and oxygen atoms in total. The van der Waals surface area contributed by atoms with E-state index in [1.807, 2.05) is 14.1 Å². The Balaban J connectivity index is 1.87. The largest absolute Gasteiger partial charge is 0.497 e. The van der Waals surface area contributed by atoms with Gasteiger partial charge in [0.05, 0.1) is 44.7 Å². The smallest absolute Gasteiger partial charge is 0.290 e. The van der Waals surface area contributed by atoms with E-state index in [0.29, 0.717) is 34.4 Å². The van der Waals surface area contributed by atoms with Gasteiger partial charge >= 0.3 is 0 Å². The topological polar surface area (TPSA) is 64.2 Å². The molecule has 30 heavy (non-hydrogen) atoms. The monoisotopic (exact) mass is 411 g/mol. The number of ether oxygens (including phenoxy) is 1. The summed E-state index contributed by atoms with van der Waals surface area (Å²) in [5.74, 6) is -0.109. The van der Waals surface area contributed by atoms with Gasteiger partial charge in [-0.25, -0.2) is 4.39 Å². The standard InChI is InChI=1S/C23H23FN2O4/c1-25(2)11-4-12-26-20(14-5-7-15(24)8-6-14)19-21(27)17-10-9-16(29-3)13-18(17)30-22(19)23(26)28/h5-10,13,20H,4,11-12H2,1-3H3/p+1/t20-/m0/s1. The maximum atomic E-state index is 13.5. The number of quaternary nitrogens is 1. The van der Waals surface area contributed by atoms with E-state index in [-0.39, 0.29) is 22.9 Å². The third kappa shape index (κ3) is 3.45. The third-order valence-electron chi connectivity index (χ3n) is 5.44. The van der Waals surface area contributed by atoms with Crippen molar-refractivity contribution in [2.45, 2.75) is 12.5 Å². The maximum absolute atomic E-state index is 13.5. The van der Waals surface area contributed by atoms with E-state index in [4.69, 9.17) is 9.15 Å². The summed E-state index contributed by atoms with van der Waals surface area (Å²) in [6.07, 6.45) is 0.765. The molecule has 0 saturated heterocycles. The van der Waals surface area contributed by atoms with E-state index in [1.165, 1.54) is 24.1 Å². The van der Waals surface area contributed by atoms with Gasteiger partial charge in [0.25, 0.3) is 5.91 Å². The molecule has 1 N–H and O–H groups in total. The maximum Gasteiger partial charge on any atom is 0.290 e. The molecule has 0 aliphatic carbocycles. The van der Waals surface area contributed by atoms with Crippen molar-refractivity contribution in [1.29, 1.82) is 0 Å². The predicted octanol–water partition coefficient (Wildman–Crippen LogP) is 2.02. The molecule has 0 fully saturated rings. The minimum atomic E-state index is -0.604. The molecular formula is C23H24FN2O4+. The van der Waals surface area contributed by atoms with E-state index in [1.54, 1.807) is 35.2 Å². The first-order chi connectivity index (χ1) is 14.4. The van der Waals surface area contributed by atoms with Crippen LogP contribution in [0, 0.1) is 5.82 Å². The summed E-state index contributed by atoms with van der Waals surface area (Å²) in [5, 5.41) is 0.383. The molecule has 4 rings (SSSR count). The van der Waals surface area contributed by atoms with Crippen molar-refractivity contribution < 1.29 is 23.2 Å². The average molecular weight is 411 g/mol. The highest BCUT2D eigenvalue weighted by atomic mass is 19.1. The zero-order valence-corrected chi connectivity index (χ0v) is 17.2. The predicted molar refractivity (Wildman–Crippen MR) is 111 cm³/mol. The highest BCUT2D eigenvalue weighted by Crippen LogP contribution is 2.38. The van der Waals surface area contributed by atoms with Gasteiger partial charge in [-0.3, -0.25) is 9.59 Å². The SMILES string of the molecule is COc1ccc2c(=O)c3c(oc2c1)C(=O)N(CCC[NH+](C)C)[C@H]3c1ccc(F)cc1. The van der Waals surface area contributed by atoms with Crippen molar-refractivity contribution >= 4 is 16.9 Å². The Hall–Kier alpha value is -3.19. The molecule has 3 aromatic rings. The van der Waals surface area contributed by atoms with Crippen molar-refractivity contribution in [3.8, 4) is 5.75 Å². The molecule has 0 unspecified atom stereocenters. The van der Waals surface area contributed by atoms with Crippen LogP contribution in [0.5, 0.6) is 5.75 Å². The minimum absolute atomic E-state index is 0.0484. The number of halogens is 1. The summed E-state index contributed by atoms with van der Waals surface area (Å²) in [6.45, 7) is 1.34. The second-order valence-electron chi connectivity index (χ2n) is 7.80. The summed E-state index contributed by atoms with van der Waals surface area (Å²) in [4.78, 5) is 29.6. The second-order valence-corrected chi connectivity index (χ2v) is 7.80. The van der Waals surface area contributed by atoms with E-state index >= 15 is 0 Å². The highest BCUT2D eigenvalue weighted by Gasteiger charge is 2.42. The normalized spacial score (nSPS) is 15.8. The number of methoxy groups -OCH3 is 1. The van der Waals surface area contributed by atoms with E-state index in [2.05, 4.69) is 0 Å². The van der Waals surface area contributed by atoms with Gasteiger partial charge in [0.15, 0.2) is 5.43 Å². The summed E-state index contributed by atoms with van der Waals surface area (Å²) < 4.78 is 24.7. The number of carbonyl (C=O) groups is 1. The number of amides is 1. The number of carbonyl (C=O) groups excluding carboxylic acids is 1. The van der Waals surface area contributed by atoms with Gasteiger partial charge in [-0.1, -0.05) is 12.1 Å². The fourth-order valence-electron chi connectivity index (χ4n) is 3.95. The number of nitrogens with one attached hydrogen (secondary N) is 1. The lowest BCUT2D eigenvalue weighted by Gasteiger charge is -2.25. The highest BCUT2D eigenvalue weighted by molar-refractivity contribution is 5.99. The van der Waals surface area contributed by atoms with Gasteiger partial charge in [0, 0.05) is 19.0 Å². The zero-order chi connectivity index (χ0) is 21.4. The summed E-state index contributed by atoms with van der Waals surface area (Å²) >= 11 is 0. The Labute approximate surface area is 173 Å². The van der Waals surface area contributed by atoms with Crippen LogP contribution in [-0.2, 0) is 0 Å². The van der Waals surface area contributed by atoms with Crippen LogP contribution >= 0.6 is 0 Å². The number of rotatable bonds is 6. The van der Waals surface area contributed by atoms with Crippen molar-refractivity contribution in [3.05, 3.63) is 75.4 Å². The number of fused-ring (bicyclic) bond motifs is 2. The Morgan fingerprint density at radius 2 is 1.87 bits per heavy atom. The molecule has 1 atom stereocenters. The second kappa shape index (κ2) is 7.91. The van der Waals surface area contributed by atoms with Crippen LogP contribution in [-0.4, -0.2) is 45.1 Å². The van der Waals surface area contributed by atoms with Crippen molar-refractivity contribution in [2.75, 3.05) is 34.3 Å². The fourth-order valence-corrected chi connectivity index (χ4v) is 3.95. The number of hydrogen-bond donors (Lipinski definition) is 1. The van der Waals surface area contributed by atoms with Gasteiger partial charge < -0.3 is 19.0 Å². The molecule has 0 saturated carbocycles. The quantitative estimate of drug-likeness (QED) is 0.674. The summed E-state index contributed by atoms with van der Waals surface area (Å²) in [5.41, 5.74) is 1.04. The Kier molecular flexibility index (Phi) is 5.30. The third-order valence-corrected chi connectivity index (χ3v) is 5.44. The van der Waals surface area contributed by atoms with Crippen molar-refractivity contribution in [3.63, 3.8) is 0 Å². The first-order valence-electron chi connectivity index (χ1n) is 9.91. The lowest BCUT2D eigenvalue weighted by Crippen LogP contribution is -3.05. The molecule has 0 bridgehead atoms. The number of nitrogens with zero attached hydrogens (tertiary/aromatic N) is 1. The van der Waals surface area contributed by atoms with Crippen LogP contribution in [0.4, 0.5) is 4.39 Å². The van der Waals surface area contributed by atoms with Gasteiger partial charge in [0.1, 0.15) is 17.1 Å². The first-order valence-corrected chi connectivity index (χ1v) is 9.91. The molecule has 2 heterocycles. The van der Waals surface area contributed by atoms with Crippen LogP contribution in [0.3, 0.4) is 0 Å². The van der Waals surface area contributed by atoms with E-state index in [9.17, 15) is 14.0 Å². The minimum Gasteiger partial charge on any atom is -0.497 e. The summed E-state index contributed by atoms with van der Waals surface area (Å²) in [7, 11) is 5.61. The van der Waals surface area contributed by atoms with Crippen LogP contribution in [0.1, 0.15) is 34.1 Å². The molecule has 1 aromatic heterocycles. The Bertz CT molecular complexity index is 1150. The van der Waals surface area contributed by atoms with Crippen molar-refractivity contribution in [1.82, 2.24) is 4.90 Å². The lowest BCUT2D eigenvalue weighted by atomic mass is 9.98. The van der Waals surface area contributed by atoms with E-state index < -0.39 is 6.04 Å². The zero-order valence-electron chi connectivity index (χ0n) is 17.2. The molecule has 1 amide bonds. The first kappa shape index (κ1) is 20.1. The Morgan fingerprint density at radius 1 is 1.13 bits per heavy atom. The molecule has 7 heteroatoms. The molecule has 1 aliphatic rings. The number of hydrogen-bond acceptors (Lipinski definition) is 4. The van der Waals surface area contributed by atoms with Crippen LogP contribution in [0.15, 0.2) is 51.7 Å².